The van der Waals surface area contributed by atoms with Gasteiger partial charge in [0, 0.05) is 28.7 Å². The number of fused-ring (bicyclic) bond motifs is 1. The summed E-state index contributed by atoms with van der Waals surface area (Å²) in [6.07, 6.45) is 6.01. The molecule has 0 radical (unpaired) electrons. The van der Waals surface area contributed by atoms with Gasteiger partial charge in [0.2, 0.25) is 0 Å². The third-order valence-electron chi connectivity index (χ3n) is 3.84. The summed E-state index contributed by atoms with van der Waals surface area (Å²) >= 11 is 0. The smallest absolute Gasteiger partial charge is 0.145 e. The zero-order chi connectivity index (χ0) is 15.4. The van der Waals surface area contributed by atoms with E-state index in [1.54, 1.807) is 0 Å². The number of rotatable bonds is 3. The predicted octanol–water partition coefficient (Wildman–Crippen LogP) is 3.30. The molecule has 0 saturated carbocycles. The number of nitrogens with zero attached hydrogens (tertiary/aromatic N) is 3. The third kappa shape index (κ3) is 2.70. The van der Waals surface area contributed by atoms with Crippen LogP contribution in [0.1, 0.15) is 24.1 Å². The van der Waals surface area contributed by atoms with Crippen LogP contribution in [-0.4, -0.2) is 10.2 Å². The molecule has 0 aliphatic heterocycles. The van der Waals surface area contributed by atoms with Crippen LogP contribution >= 0.6 is 0 Å². The molecule has 5 nitrogen and oxygen atoms in total. The Hall–Kier alpha value is -3.05. The molecule has 3 rings (SSSR count). The van der Waals surface area contributed by atoms with Crippen LogP contribution in [-0.2, 0) is 12.8 Å². The number of anilines is 1. The maximum Gasteiger partial charge on any atom is 0.145 e. The summed E-state index contributed by atoms with van der Waals surface area (Å²) in [6.45, 7) is 0. The van der Waals surface area contributed by atoms with Crippen LogP contribution in [0.2, 0.25) is 0 Å². The Morgan fingerprint density at radius 1 is 1.14 bits per heavy atom. The number of nitriles is 2. The van der Waals surface area contributed by atoms with E-state index in [0.29, 0.717) is 0 Å². The third-order valence-corrected chi connectivity index (χ3v) is 3.84. The summed E-state index contributed by atoms with van der Waals surface area (Å²) in [5.74, 6) is 0. The number of aromatic nitrogens is 2. The SMILES string of the molecule is N#CC(C#N)=CNc1ccc(-c2n[nH]c3c2CCCC3)cc1. The standard InChI is InChI=1S/C17H15N5/c18-9-12(10-19)11-20-14-7-5-13(6-8-14)17-15-3-1-2-4-16(15)21-22-17/h5-8,11,20H,1-4H2,(H,21,22). The van der Waals surface area contributed by atoms with E-state index >= 15 is 0 Å². The Labute approximate surface area is 128 Å². The molecule has 0 saturated heterocycles. The molecule has 2 N–H and O–H groups in total. The van der Waals surface area contributed by atoms with Crippen molar-refractivity contribution in [2.24, 2.45) is 0 Å². The minimum atomic E-state index is 0.0467. The lowest BCUT2D eigenvalue weighted by Gasteiger charge is -2.11. The second kappa shape index (κ2) is 6.15. The summed E-state index contributed by atoms with van der Waals surface area (Å²) in [7, 11) is 0. The molecule has 2 aromatic rings. The highest BCUT2D eigenvalue weighted by Crippen LogP contribution is 2.30. The number of aromatic amines is 1. The van der Waals surface area contributed by atoms with Crippen LogP contribution in [0.3, 0.4) is 0 Å². The number of aryl methyl sites for hydroxylation is 1. The summed E-state index contributed by atoms with van der Waals surface area (Å²) in [5.41, 5.74) is 5.59. The van der Waals surface area contributed by atoms with E-state index in [0.717, 1.165) is 29.8 Å². The average Bonchev–Trinajstić information content (AvgIpc) is 3.00. The van der Waals surface area contributed by atoms with Crippen LogP contribution in [0.5, 0.6) is 0 Å². The first-order chi connectivity index (χ1) is 10.8. The van der Waals surface area contributed by atoms with E-state index in [2.05, 4.69) is 15.5 Å². The number of hydrogen-bond acceptors (Lipinski definition) is 4. The Balaban J connectivity index is 1.81. The monoisotopic (exact) mass is 289 g/mol. The van der Waals surface area contributed by atoms with Gasteiger partial charge in [-0.1, -0.05) is 12.1 Å². The highest BCUT2D eigenvalue weighted by Gasteiger charge is 2.17. The molecular weight excluding hydrogens is 274 g/mol. The first-order valence-electron chi connectivity index (χ1n) is 7.25. The van der Waals surface area contributed by atoms with Crippen molar-refractivity contribution < 1.29 is 0 Å². The van der Waals surface area contributed by atoms with Crippen molar-refractivity contribution in [3.8, 4) is 23.4 Å². The maximum absolute atomic E-state index is 8.69. The Morgan fingerprint density at radius 3 is 2.59 bits per heavy atom. The van der Waals surface area contributed by atoms with Crippen molar-refractivity contribution in [1.82, 2.24) is 10.2 Å². The van der Waals surface area contributed by atoms with E-state index in [4.69, 9.17) is 10.5 Å². The van der Waals surface area contributed by atoms with Crippen molar-refractivity contribution >= 4 is 5.69 Å². The first kappa shape index (κ1) is 13.9. The molecule has 0 spiro atoms. The number of H-pyrrole nitrogens is 1. The van der Waals surface area contributed by atoms with Crippen LogP contribution < -0.4 is 5.32 Å². The van der Waals surface area contributed by atoms with Gasteiger partial charge in [0.25, 0.3) is 0 Å². The highest BCUT2D eigenvalue weighted by molar-refractivity contribution is 5.67. The molecule has 0 fully saturated rings. The number of benzene rings is 1. The molecule has 1 aromatic carbocycles. The quantitative estimate of drug-likeness (QED) is 0.848. The molecule has 108 valence electrons. The zero-order valence-electron chi connectivity index (χ0n) is 12.1. The molecular formula is C17H15N5. The molecule has 0 bridgehead atoms. The van der Waals surface area contributed by atoms with E-state index < -0.39 is 0 Å². The minimum Gasteiger partial charge on any atom is -0.360 e. The van der Waals surface area contributed by atoms with Crippen molar-refractivity contribution in [2.75, 3.05) is 5.32 Å². The molecule has 22 heavy (non-hydrogen) atoms. The van der Waals surface area contributed by atoms with E-state index in [-0.39, 0.29) is 5.57 Å². The molecule has 1 heterocycles. The topological polar surface area (TPSA) is 88.3 Å². The lowest BCUT2D eigenvalue weighted by molar-refractivity contribution is 0.675. The molecule has 1 aliphatic rings. The lowest BCUT2D eigenvalue weighted by Crippen LogP contribution is -2.01. The van der Waals surface area contributed by atoms with E-state index in [1.807, 2.05) is 36.4 Å². The molecule has 1 aliphatic carbocycles. The van der Waals surface area contributed by atoms with Gasteiger partial charge in [-0.2, -0.15) is 15.6 Å². The zero-order valence-corrected chi connectivity index (χ0v) is 12.1. The molecule has 0 amide bonds. The lowest BCUT2D eigenvalue weighted by atomic mass is 9.94. The fourth-order valence-electron chi connectivity index (χ4n) is 2.69. The second-order valence-electron chi connectivity index (χ2n) is 5.24. The fraction of sp³-hybridized carbons (Fsp3) is 0.235. The minimum absolute atomic E-state index is 0.0467. The largest absolute Gasteiger partial charge is 0.360 e. The van der Waals surface area contributed by atoms with Gasteiger partial charge in [-0.3, -0.25) is 5.10 Å². The Kier molecular flexibility index (Phi) is 3.89. The summed E-state index contributed by atoms with van der Waals surface area (Å²) in [5, 5.41) is 27.9. The van der Waals surface area contributed by atoms with Gasteiger partial charge >= 0.3 is 0 Å². The van der Waals surface area contributed by atoms with Gasteiger partial charge in [0.15, 0.2) is 0 Å². The normalized spacial score (nSPS) is 12.6. The second-order valence-corrected chi connectivity index (χ2v) is 5.24. The van der Waals surface area contributed by atoms with Crippen molar-refractivity contribution in [3.05, 3.63) is 47.3 Å². The van der Waals surface area contributed by atoms with Gasteiger partial charge in [0.05, 0.1) is 5.69 Å². The van der Waals surface area contributed by atoms with Crippen molar-refractivity contribution in [2.45, 2.75) is 25.7 Å². The van der Waals surface area contributed by atoms with Crippen LogP contribution in [0.15, 0.2) is 36.0 Å². The number of allylic oxidation sites excluding steroid dienone is 1. The molecule has 1 aromatic heterocycles. The first-order valence-corrected chi connectivity index (χ1v) is 7.25. The number of hydrogen-bond donors (Lipinski definition) is 2. The van der Waals surface area contributed by atoms with Gasteiger partial charge in [-0.25, -0.2) is 0 Å². The van der Waals surface area contributed by atoms with Gasteiger partial charge < -0.3 is 5.32 Å². The van der Waals surface area contributed by atoms with Crippen molar-refractivity contribution in [1.29, 1.82) is 10.5 Å². The van der Waals surface area contributed by atoms with Gasteiger partial charge in [-0.05, 0) is 37.8 Å². The molecule has 5 heteroatoms. The summed E-state index contributed by atoms with van der Waals surface area (Å²) < 4.78 is 0. The maximum atomic E-state index is 8.69. The van der Waals surface area contributed by atoms with Crippen LogP contribution in [0.25, 0.3) is 11.3 Å². The molecule has 0 atom stereocenters. The average molecular weight is 289 g/mol. The van der Waals surface area contributed by atoms with Gasteiger partial charge in [-0.15, -0.1) is 0 Å². The van der Waals surface area contributed by atoms with E-state index in [9.17, 15) is 0 Å². The fourth-order valence-corrected chi connectivity index (χ4v) is 2.69. The molecule has 0 unspecified atom stereocenters. The number of nitrogens with one attached hydrogen (secondary N) is 2. The summed E-state index contributed by atoms with van der Waals surface area (Å²) in [6, 6.07) is 11.5. The highest BCUT2D eigenvalue weighted by atomic mass is 15.1. The van der Waals surface area contributed by atoms with E-state index in [1.165, 1.54) is 30.3 Å². The Morgan fingerprint density at radius 2 is 1.86 bits per heavy atom. The predicted molar refractivity (Wildman–Crippen MR) is 83.6 cm³/mol. The summed E-state index contributed by atoms with van der Waals surface area (Å²) in [4.78, 5) is 0. The van der Waals surface area contributed by atoms with Gasteiger partial charge in [0.1, 0.15) is 17.7 Å². The van der Waals surface area contributed by atoms with Crippen LogP contribution in [0.4, 0.5) is 5.69 Å². The van der Waals surface area contributed by atoms with Crippen LogP contribution in [0, 0.1) is 22.7 Å². The van der Waals surface area contributed by atoms with Crippen molar-refractivity contribution in [3.63, 3.8) is 0 Å². The Bertz CT molecular complexity index is 768.